The molecule has 7 heteroatoms. The zero-order valence-electron chi connectivity index (χ0n) is 13.6. The number of nitrogens with zero attached hydrogens (tertiary/aromatic N) is 2. The predicted octanol–water partition coefficient (Wildman–Crippen LogP) is 3.05. The topological polar surface area (TPSA) is 62.5 Å². The van der Waals surface area contributed by atoms with Gasteiger partial charge >= 0.3 is 5.97 Å². The van der Waals surface area contributed by atoms with E-state index in [-0.39, 0.29) is 5.91 Å². The molecule has 0 aliphatic carbocycles. The number of aromatic nitrogens is 1. The van der Waals surface area contributed by atoms with Crippen molar-refractivity contribution in [3.63, 3.8) is 0 Å². The molecule has 1 aliphatic heterocycles. The summed E-state index contributed by atoms with van der Waals surface area (Å²) in [7, 11) is 0. The van der Waals surface area contributed by atoms with Gasteiger partial charge in [0.15, 0.2) is 0 Å². The number of hydrogen-bond acceptors (Lipinski definition) is 4. The summed E-state index contributed by atoms with van der Waals surface area (Å²) >= 11 is 6.26. The number of hydrogen-bond donors (Lipinski definition) is 1. The van der Waals surface area contributed by atoms with Gasteiger partial charge in [-0.25, -0.2) is 0 Å². The molecule has 1 aliphatic rings. The molecule has 1 aromatic heterocycles. The van der Waals surface area contributed by atoms with E-state index in [9.17, 15) is 9.59 Å². The quantitative estimate of drug-likeness (QED) is 0.652. The van der Waals surface area contributed by atoms with Crippen LogP contribution in [0.5, 0.6) is 0 Å². The predicted molar refractivity (Wildman–Crippen MR) is 96.3 cm³/mol. The van der Waals surface area contributed by atoms with Gasteiger partial charge in [-0.05, 0) is 37.5 Å². The van der Waals surface area contributed by atoms with Gasteiger partial charge in [-0.1, -0.05) is 37.8 Å². The van der Waals surface area contributed by atoms with Gasteiger partial charge in [0.1, 0.15) is 10.9 Å². The average molecular weight is 352 g/mol. The van der Waals surface area contributed by atoms with Gasteiger partial charge in [0, 0.05) is 17.9 Å². The van der Waals surface area contributed by atoms with E-state index in [1.807, 2.05) is 19.9 Å². The van der Waals surface area contributed by atoms with Crippen LogP contribution in [0.4, 0.5) is 0 Å². The summed E-state index contributed by atoms with van der Waals surface area (Å²) in [5.74, 6) is -0.879. The molecule has 0 radical (unpaired) electrons. The van der Waals surface area contributed by atoms with E-state index in [2.05, 4.69) is 18.4 Å². The molecule has 1 amide bonds. The summed E-state index contributed by atoms with van der Waals surface area (Å²) in [5, 5.41) is 8.87. The lowest BCUT2D eigenvalue weighted by Crippen LogP contribution is -2.33. The Bertz CT molecular complexity index is 704. The summed E-state index contributed by atoms with van der Waals surface area (Å²) in [6.45, 7) is 8.92. The largest absolute Gasteiger partial charge is 0.480 e. The van der Waals surface area contributed by atoms with Crippen molar-refractivity contribution in [2.75, 3.05) is 6.54 Å². The molecule has 1 aromatic rings. The van der Waals surface area contributed by atoms with E-state index in [0.29, 0.717) is 15.1 Å². The van der Waals surface area contributed by atoms with Crippen LogP contribution in [0.3, 0.4) is 0 Å². The SMILES string of the molecule is Cc1cc(/C=C2/SC(=S)N(CC(=O)O)C2=O)c(C)n1CC(C)C. The monoisotopic (exact) mass is 352 g/mol. The van der Waals surface area contributed by atoms with E-state index >= 15 is 0 Å². The van der Waals surface area contributed by atoms with Gasteiger partial charge < -0.3 is 9.67 Å². The number of thiocarbonyl (C=S) groups is 1. The van der Waals surface area contributed by atoms with Crippen LogP contribution < -0.4 is 0 Å². The first-order valence-corrected chi connectivity index (χ1v) is 8.57. The van der Waals surface area contributed by atoms with Crippen LogP contribution >= 0.6 is 24.0 Å². The summed E-state index contributed by atoms with van der Waals surface area (Å²) in [6.07, 6.45) is 1.81. The number of carboxylic acids is 1. The Balaban J connectivity index is 2.31. The lowest BCUT2D eigenvalue weighted by molar-refractivity contribution is -0.140. The number of carbonyl (C=O) groups is 2. The maximum atomic E-state index is 12.3. The highest BCUT2D eigenvalue weighted by Crippen LogP contribution is 2.33. The van der Waals surface area contributed by atoms with Crippen molar-refractivity contribution in [3.8, 4) is 0 Å². The van der Waals surface area contributed by atoms with Gasteiger partial charge in [-0.2, -0.15) is 0 Å². The van der Waals surface area contributed by atoms with Gasteiger partial charge in [-0.3, -0.25) is 14.5 Å². The Morgan fingerprint density at radius 1 is 1.43 bits per heavy atom. The Labute approximate surface area is 145 Å². The normalized spacial score (nSPS) is 16.9. The van der Waals surface area contributed by atoms with Crippen molar-refractivity contribution in [1.82, 2.24) is 9.47 Å². The molecular formula is C16H20N2O3S2. The van der Waals surface area contributed by atoms with Crippen LogP contribution in [-0.4, -0.2) is 37.3 Å². The highest BCUT2D eigenvalue weighted by atomic mass is 32.2. The second kappa shape index (κ2) is 6.88. The molecule has 124 valence electrons. The number of carbonyl (C=O) groups excluding carboxylic acids is 1. The summed E-state index contributed by atoms with van der Waals surface area (Å²) in [4.78, 5) is 24.7. The highest BCUT2D eigenvalue weighted by Gasteiger charge is 2.33. The number of aliphatic carboxylic acids is 1. The highest BCUT2D eigenvalue weighted by molar-refractivity contribution is 8.26. The van der Waals surface area contributed by atoms with Gasteiger partial charge in [0.2, 0.25) is 0 Å². The third-order valence-electron chi connectivity index (χ3n) is 3.61. The third kappa shape index (κ3) is 3.84. The molecule has 0 atom stereocenters. The van der Waals surface area contributed by atoms with Crippen molar-refractivity contribution in [2.45, 2.75) is 34.2 Å². The van der Waals surface area contributed by atoms with Crippen molar-refractivity contribution in [1.29, 1.82) is 0 Å². The molecule has 0 bridgehead atoms. The maximum Gasteiger partial charge on any atom is 0.323 e. The molecular weight excluding hydrogens is 332 g/mol. The fourth-order valence-corrected chi connectivity index (χ4v) is 3.78. The first-order valence-electron chi connectivity index (χ1n) is 7.34. The van der Waals surface area contributed by atoms with Gasteiger partial charge in [-0.15, -0.1) is 0 Å². The molecule has 2 rings (SSSR count). The fourth-order valence-electron chi connectivity index (χ4n) is 2.53. The number of rotatable bonds is 5. The lowest BCUT2D eigenvalue weighted by Gasteiger charge is -2.12. The molecule has 0 unspecified atom stereocenters. The minimum Gasteiger partial charge on any atom is -0.480 e. The Hall–Kier alpha value is -1.60. The number of aryl methyl sites for hydroxylation is 1. The van der Waals surface area contributed by atoms with E-state index in [1.54, 1.807) is 6.08 Å². The molecule has 0 saturated carbocycles. The molecule has 0 spiro atoms. The Morgan fingerprint density at radius 3 is 2.65 bits per heavy atom. The van der Waals surface area contributed by atoms with Crippen molar-refractivity contribution < 1.29 is 14.7 Å². The maximum absolute atomic E-state index is 12.3. The van der Waals surface area contributed by atoms with Crippen molar-refractivity contribution >= 4 is 46.3 Å². The minimum absolute atomic E-state index is 0.291. The summed E-state index contributed by atoms with van der Waals surface area (Å²) < 4.78 is 2.52. The van der Waals surface area contributed by atoms with Crippen molar-refractivity contribution in [3.05, 3.63) is 27.9 Å². The van der Waals surface area contributed by atoms with Gasteiger partial charge in [0.05, 0.1) is 4.91 Å². The van der Waals surface area contributed by atoms with Crippen LogP contribution in [0.15, 0.2) is 11.0 Å². The second-order valence-corrected chi connectivity index (χ2v) is 7.67. The lowest BCUT2D eigenvalue weighted by atomic mass is 10.2. The average Bonchev–Trinajstić information content (AvgIpc) is 2.83. The Kier molecular flexibility index (Phi) is 5.31. The van der Waals surface area contributed by atoms with Crippen LogP contribution in [0.25, 0.3) is 6.08 Å². The molecule has 1 fully saturated rings. The standard InChI is InChI=1S/C16H20N2O3S2/c1-9(2)7-17-10(3)5-12(11(17)4)6-13-15(21)18(8-14(19)20)16(22)23-13/h5-6,9H,7-8H2,1-4H3,(H,19,20)/b13-6+. The van der Waals surface area contributed by atoms with Crippen molar-refractivity contribution in [2.24, 2.45) is 5.92 Å². The second-order valence-electron chi connectivity index (χ2n) is 5.99. The smallest absolute Gasteiger partial charge is 0.323 e. The van der Waals surface area contributed by atoms with Crippen LogP contribution in [-0.2, 0) is 16.1 Å². The zero-order chi connectivity index (χ0) is 17.3. The molecule has 23 heavy (non-hydrogen) atoms. The number of carboxylic acid groups (broad SMARTS) is 1. The first kappa shape index (κ1) is 17.7. The van der Waals surface area contributed by atoms with E-state index in [1.165, 1.54) is 0 Å². The first-order chi connectivity index (χ1) is 10.7. The Morgan fingerprint density at radius 2 is 2.09 bits per heavy atom. The number of thioether (sulfide) groups is 1. The van der Waals surface area contributed by atoms with Crippen LogP contribution in [0, 0.1) is 19.8 Å². The zero-order valence-corrected chi connectivity index (χ0v) is 15.3. The van der Waals surface area contributed by atoms with E-state index in [4.69, 9.17) is 17.3 Å². The van der Waals surface area contributed by atoms with E-state index in [0.717, 1.165) is 40.2 Å². The molecule has 0 aromatic carbocycles. The fraction of sp³-hybridized carbons (Fsp3) is 0.438. The molecule has 1 saturated heterocycles. The summed E-state index contributed by atoms with van der Waals surface area (Å²) in [6, 6.07) is 2.04. The minimum atomic E-state index is -1.07. The molecule has 1 N–H and O–H groups in total. The van der Waals surface area contributed by atoms with Crippen LogP contribution in [0.2, 0.25) is 0 Å². The number of amides is 1. The summed E-state index contributed by atoms with van der Waals surface area (Å²) in [5.41, 5.74) is 3.21. The van der Waals surface area contributed by atoms with E-state index < -0.39 is 12.5 Å². The third-order valence-corrected chi connectivity index (χ3v) is 4.99. The molecule has 5 nitrogen and oxygen atoms in total. The van der Waals surface area contributed by atoms with Gasteiger partial charge in [0.25, 0.3) is 5.91 Å². The molecule has 2 heterocycles. The van der Waals surface area contributed by atoms with Crippen LogP contribution in [0.1, 0.15) is 30.8 Å².